The van der Waals surface area contributed by atoms with Crippen molar-refractivity contribution >= 4 is 23.6 Å². The number of hydrogen-bond donors (Lipinski definition) is 1. The molecule has 2 rings (SSSR count). The van der Waals surface area contributed by atoms with Crippen LogP contribution in [0.25, 0.3) is 0 Å². The van der Waals surface area contributed by atoms with Crippen LogP contribution in [0.1, 0.15) is 19.4 Å². The van der Waals surface area contributed by atoms with Crippen molar-refractivity contribution in [1.29, 1.82) is 0 Å². The van der Waals surface area contributed by atoms with Crippen LogP contribution >= 0.6 is 11.8 Å². The van der Waals surface area contributed by atoms with Crippen LogP contribution in [-0.4, -0.2) is 45.2 Å². The SMILES string of the molecule is Cc1cccc(OC(C)C(=O)N2C(C)SCC2C(=O)O)c1. The number of aryl methyl sites for hydroxylation is 1. The first kappa shape index (κ1) is 15.7. The van der Waals surface area contributed by atoms with E-state index < -0.39 is 18.1 Å². The molecule has 1 N–H and O–H groups in total. The van der Waals surface area contributed by atoms with Gasteiger partial charge < -0.3 is 14.7 Å². The number of carbonyl (C=O) groups is 2. The number of nitrogens with zero attached hydrogens (tertiary/aromatic N) is 1. The number of carboxylic acids is 1. The molecule has 1 saturated heterocycles. The Labute approximate surface area is 128 Å². The molecular weight excluding hydrogens is 290 g/mol. The molecule has 1 aliphatic heterocycles. The Morgan fingerprint density at radius 1 is 1.48 bits per heavy atom. The molecule has 0 radical (unpaired) electrons. The molecule has 0 saturated carbocycles. The van der Waals surface area contributed by atoms with Gasteiger partial charge in [0, 0.05) is 5.75 Å². The quantitative estimate of drug-likeness (QED) is 0.923. The van der Waals surface area contributed by atoms with Gasteiger partial charge in [0.05, 0.1) is 5.37 Å². The van der Waals surface area contributed by atoms with E-state index in [4.69, 9.17) is 4.74 Å². The van der Waals surface area contributed by atoms with Gasteiger partial charge in [0.1, 0.15) is 11.8 Å². The van der Waals surface area contributed by atoms with Gasteiger partial charge in [-0.1, -0.05) is 12.1 Å². The summed E-state index contributed by atoms with van der Waals surface area (Å²) in [6.07, 6.45) is -0.713. The zero-order valence-corrected chi connectivity index (χ0v) is 13.1. The molecule has 114 valence electrons. The molecule has 1 aromatic rings. The van der Waals surface area contributed by atoms with E-state index in [1.165, 1.54) is 16.7 Å². The zero-order chi connectivity index (χ0) is 15.6. The van der Waals surface area contributed by atoms with Crippen LogP contribution in [0, 0.1) is 6.92 Å². The third kappa shape index (κ3) is 3.50. The summed E-state index contributed by atoms with van der Waals surface area (Å²) in [5.74, 6) is -0.231. The number of thioether (sulfide) groups is 1. The molecule has 6 heteroatoms. The van der Waals surface area contributed by atoms with Crippen molar-refractivity contribution < 1.29 is 19.4 Å². The molecule has 3 unspecified atom stereocenters. The first-order valence-electron chi connectivity index (χ1n) is 6.80. The van der Waals surface area contributed by atoms with Crippen LogP contribution in [0.4, 0.5) is 0 Å². The van der Waals surface area contributed by atoms with Gasteiger partial charge in [0.25, 0.3) is 5.91 Å². The minimum atomic E-state index is -0.969. The van der Waals surface area contributed by atoms with Gasteiger partial charge in [-0.2, -0.15) is 0 Å². The van der Waals surface area contributed by atoms with Crippen molar-refractivity contribution in [2.75, 3.05) is 5.75 Å². The fourth-order valence-electron chi connectivity index (χ4n) is 2.32. The minimum Gasteiger partial charge on any atom is -0.481 e. The summed E-state index contributed by atoms with van der Waals surface area (Å²) < 4.78 is 5.65. The summed E-state index contributed by atoms with van der Waals surface area (Å²) in [6, 6.07) is 6.66. The maximum Gasteiger partial charge on any atom is 0.327 e. The first-order valence-corrected chi connectivity index (χ1v) is 7.85. The van der Waals surface area contributed by atoms with Gasteiger partial charge >= 0.3 is 5.97 Å². The number of aliphatic carboxylic acids is 1. The average molecular weight is 309 g/mol. The summed E-state index contributed by atoms with van der Waals surface area (Å²) in [4.78, 5) is 25.1. The van der Waals surface area contributed by atoms with E-state index in [9.17, 15) is 14.7 Å². The molecule has 0 bridgehead atoms. The van der Waals surface area contributed by atoms with Gasteiger partial charge in [-0.3, -0.25) is 4.79 Å². The molecule has 5 nitrogen and oxygen atoms in total. The van der Waals surface area contributed by atoms with E-state index in [-0.39, 0.29) is 11.3 Å². The van der Waals surface area contributed by atoms with E-state index in [2.05, 4.69) is 0 Å². The number of carbonyl (C=O) groups excluding carboxylic acids is 1. The minimum absolute atomic E-state index is 0.151. The van der Waals surface area contributed by atoms with Crippen molar-refractivity contribution in [2.45, 2.75) is 38.3 Å². The van der Waals surface area contributed by atoms with E-state index >= 15 is 0 Å². The standard InChI is InChI=1S/C15H19NO4S/c1-9-5-4-6-12(7-9)20-10(2)14(17)16-11(3)21-8-13(16)15(18)19/h4-7,10-11,13H,8H2,1-3H3,(H,18,19). The Hall–Kier alpha value is -1.69. The molecule has 0 aromatic heterocycles. The van der Waals surface area contributed by atoms with Crippen molar-refractivity contribution in [1.82, 2.24) is 4.90 Å². The molecule has 1 fully saturated rings. The molecular formula is C15H19NO4S. The highest BCUT2D eigenvalue weighted by Crippen LogP contribution is 2.30. The topological polar surface area (TPSA) is 66.8 Å². The number of hydrogen-bond acceptors (Lipinski definition) is 4. The Bertz CT molecular complexity index is 548. The van der Waals surface area contributed by atoms with Crippen molar-refractivity contribution in [2.24, 2.45) is 0 Å². The number of ether oxygens (including phenoxy) is 1. The summed E-state index contributed by atoms with van der Waals surface area (Å²) >= 11 is 1.46. The molecule has 21 heavy (non-hydrogen) atoms. The molecule has 0 spiro atoms. The Balaban J connectivity index is 2.09. The second-order valence-corrected chi connectivity index (χ2v) is 6.46. The van der Waals surface area contributed by atoms with Crippen LogP contribution in [0.2, 0.25) is 0 Å². The Morgan fingerprint density at radius 3 is 2.81 bits per heavy atom. The van der Waals surface area contributed by atoms with Gasteiger partial charge in [-0.25, -0.2) is 4.79 Å². The van der Waals surface area contributed by atoms with E-state index in [1.54, 1.807) is 13.0 Å². The Kier molecular flexibility index (Phi) is 4.77. The summed E-state index contributed by atoms with van der Waals surface area (Å²) in [5, 5.41) is 9.06. The third-order valence-electron chi connectivity index (χ3n) is 3.41. The molecule has 1 amide bonds. The lowest BCUT2D eigenvalue weighted by molar-refractivity contribution is -0.151. The van der Waals surface area contributed by atoms with Crippen molar-refractivity contribution in [3.05, 3.63) is 29.8 Å². The lowest BCUT2D eigenvalue weighted by Crippen LogP contribution is -2.49. The lowest BCUT2D eigenvalue weighted by atomic mass is 10.2. The van der Waals surface area contributed by atoms with Gasteiger partial charge in [0.2, 0.25) is 0 Å². The zero-order valence-electron chi connectivity index (χ0n) is 12.3. The third-order valence-corrected chi connectivity index (χ3v) is 4.63. The average Bonchev–Trinajstić information content (AvgIpc) is 2.80. The van der Waals surface area contributed by atoms with E-state index in [0.717, 1.165) is 5.56 Å². The van der Waals surface area contributed by atoms with Crippen molar-refractivity contribution in [3.63, 3.8) is 0 Å². The van der Waals surface area contributed by atoms with Gasteiger partial charge in [0.15, 0.2) is 6.10 Å². The predicted molar refractivity (Wildman–Crippen MR) is 81.5 cm³/mol. The van der Waals surface area contributed by atoms with Crippen LogP contribution in [0.5, 0.6) is 5.75 Å². The Morgan fingerprint density at radius 2 is 2.19 bits per heavy atom. The van der Waals surface area contributed by atoms with Crippen LogP contribution in [-0.2, 0) is 9.59 Å². The highest BCUT2D eigenvalue weighted by atomic mass is 32.2. The lowest BCUT2D eigenvalue weighted by Gasteiger charge is -2.28. The summed E-state index contributed by atoms with van der Waals surface area (Å²) in [5.41, 5.74) is 1.04. The van der Waals surface area contributed by atoms with Crippen LogP contribution in [0.15, 0.2) is 24.3 Å². The number of rotatable bonds is 4. The van der Waals surface area contributed by atoms with E-state index in [0.29, 0.717) is 11.5 Å². The highest BCUT2D eigenvalue weighted by Gasteiger charge is 2.41. The summed E-state index contributed by atoms with van der Waals surface area (Å²) in [7, 11) is 0. The molecule has 0 aliphatic carbocycles. The molecule has 3 atom stereocenters. The fraction of sp³-hybridized carbons (Fsp3) is 0.467. The largest absolute Gasteiger partial charge is 0.481 e. The summed E-state index contributed by atoms with van der Waals surface area (Å²) in [6.45, 7) is 5.43. The van der Waals surface area contributed by atoms with Gasteiger partial charge in [-0.15, -0.1) is 11.8 Å². The highest BCUT2D eigenvalue weighted by molar-refractivity contribution is 8.00. The predicted octanol–water partition coefficient (Wildman–Crippen LogP) is 2.14. The normalized spacial score (nSPS) is 22.9. The second-order valence-electron chi connectivity index (χ2n) is 5.11. The number of benzene rings is 1. The maximum absolute atomic E-state index is 12.5. The smallest absolute Gasteiger partial charge is 0.327 e. The van der Waals surface area contributed by atoms with Crippen LogP contribution in [0.3, 0.4) is 0 Å². The fourth-order valence-corrected chi connectivity index (χ4v) is 3.50. The number of carboxylic acid groups (broad SMARTS) is 1. The van der Waals surface area contributed by atoms with E-state index in [1.807, 2.05) is 32.0 Å². The molecule has 1 aromatic carbocycles. The van der Waals surface area contributed by atoms with Crippen molar-refractivity contribution in [3.8, 4) is 5.75 Å². The molecule has 1 heterocycles. The first-order chi connectivity index (χ1) is 9.90. The van der Waals surface area contributed by atoms with Gasteiger partial charge in [-0.05, 0) is 38.5 Å². The number of amides is 1. The van der Waals surface area contributed by atoms with Crippen LogP contribution < -0.4 is 4.74 Å². The second kappa shape index (κ2) is 6.39. The monoisotopic (exact) mass is 309 g/mol. The molecule has 1 aliphatic rings. The maximum atomic E-state index is 12.5.